The van der Waals surface area contributed by atoms with Gasteiger partial charge in [0.2, 0.25) is 0 Å². The Morgan fingerprint density at radius 2 is 1.64 bits per heavy atom. The summed E-state index contributed by atoms with van der Waals surface area (Å²) < 4.78 is 1.60. The van der Waals surface area contributed by atoms with Gasteiger partial charge in [-0.2, -0.15) is 5.10 Å². The van der Waals surface area contributed by atoms with Gasteiger partial charge in [-0.1, -0.05) is 29.3 Å². The Kier molecular flexibility index (Phi) is 5.35. The van der Waals surface area contributed by atoms with Crippen LogP contribution in [0.3, 0.4) is 0 Å². The molecule has 2 N–H and O–H groups in total. The van der Waals surface area contributed by atoms with Crippen molar-refractivity contribution >= 4 is 17.4 Å². The van der Waals surface area contributed by atoms with E-state index in [-0.39, 0.29) is 5.70 Å². The SMILES string of the molecule is CC(=C(NC(=O)c1cc(C)cc(C)c1)C(=O)O)c1ccc(-n2cncn2)cc1. The molecule has 0 atom stereocenters. The van der Waals surface area contributed by atoms with E-state index in [1.165, 1.54) is 6.33 Å². The number of benzene rings is 2. The van der Waals surface area contributed by atoms with Gasteiger partial charge >= 0.3 is 5.97 Å². The first-order valence-corrected chi connectivity index (χ1v) is 8.64. The van der Waals surface area contributed by atoms with E-state index in [0.29, 0.717) is 16.7 Å². The zero-order valence-corrected chi connectivity index (χ0v) is 15.8. The van der Waals surface area contributed by atoms with E-state index in [0.717, 1.165) is 16.8 Å². The lowest BCUT2D eigenvalue weighted by atomic mass is 10.0. The van der Waals surface area contributed by atoms with Crippen LogP contribution in [0.5, 0.6) is 0 Å². The fraction of sp³-hybridized carbons (Fsp3) is 0.143. The molecule has 0 saturated carbocycles. The number of aromatic nitrogens is 3. The molecule has 0 bridgehead atoms. The summed E-state index contributed by atoms with van der Waals surface area (Å²) >= 11 is 0. The fourth-order valence-electron chi connectivity index (χ4n) is 2.95. The van der Waals surface area contributed by atoms with E-state index in [1.807, 2.05) is 19.9 Å². The summed E-state index contributed by atoms with van der Waals surface area (Å²) in [4.78, 5) is 28.3. The van der Waals surface area contributed by atoms with Crippen molar-refractivity contribution in [1.82, 2.24) is 20.1 Å². The van der Waals surface area contributed by atoms with E-state index < -0.39 is 11.9 Å². The smallest absolute Gasteiger partial charge is 0.352 e. The number of hydrogen-bond donors (Lipinski definition) is 2. The number of rotatable bonds is 5. The van der Waals surface area contributed by atoms with Crippen LogP contribution < -0.4 is 5.32 Å². The van der Waals surface area contributed by atoms with Crippen LogP contribution in [0.2, 0.25) is 0 Å². The Bertz CT molecular complexity index is 1030. The number of amides is 1. The number of carbonyl (C=O) groups is 2. The lowest BCUT2D eigenvalue weighted by molar-refractivity contribution is -0.132. The molecule has 28 heavy (non-hydrogen) atoms. The second-order valence-electron chi connectivity index (χ2n) is 6.52. The number of aliphatic carboxylic acids is 1. The van der Waals surface area contributed by atoms with Crippen LogP contribution in [0.25, 0.3) is 11.3 Å². The van der Waals surface area contributed by atoms with Gasteiger partial charge in [0.15, 0.2) is 0 Å². The summed E-state index contributed by atoms with van der Waals surface area (Å²) in [5, 5.41) is 16.2. The molecule has 1 heterocycles. The monoisotopic (exact) mass is 376 g/mol. The van der Waals surface area contributed by atoms with Crippen molar-refractivity contribution in [3.63, 3.8) is 0 Å². The lowest BCUT2D eigenvalue weighted by Gasteiger charge is -2.12. The molecule has 1 amide bonds. The van der Waals surface area contributed by atoms with E-state index >= 15 is 0 Å². The molecule has 2 aromatic carbocycles. The minimum Gasteiger partial charge on any atom is -0.477 e. The van der Waals surface area contributed by atoms with Crippen LogP contribution in [-0.2, 0) is 4.79 Å². The molecule has 142 valence electrons. The van der Waals surface area contributed by atoms with Crippen molar-refractivity contribution < 1.29 is 14.7 Å². The molecule has 0 spiro atoms. The average Bonchev–Trinajstić information content (AvgIpc) is 3.19. The van der Waals surface area contributed by atoms with Gasteiger partial charge < -0.3 is 10.4 Å². The topological polar surface area (TPSA) is 97.1 Å². The molecular weight excluding hydrogens is 356 g/mol. The number of carboxylic acid groups (broad SMARTS) is 1. The van der Waals surface area contributed by atoms with E-state index in [4.69, 9.17) is 0 Å². The summed E-state index contributed by atoms with van der Waals surface area (Å²) in [6.45, 7) is 5.44. The van der Waals surface area contributed by atoms with Crippen molar-refractivity contribution in [1.29, 1.82) is 0 Å². The largest absolute Gasteiger partial charge is 0.477 e. The first-order valence-electron chi connectivity index (χ1n) is 8.64. The van der Waals surface area contributed by atoms with Gasteiger partial charge in [-0.05, 0) is 56.2 Å². The Hall–Kier alpha value is -3.74. The Morgan fingerprint density at radius 3 is 2.18 bits per heavy atom. The van der Waals surface area contributed by atoms with E-state index in [1.54, 1.807) is 54.3 Å². The Morgan fingerprint density at radius 1 is 1.00 bits per heavy atom. The molecule has 7 nitrogen and oxygen atoms in total. The third-order valence-electron chi connectivity index (χ3n) is 4.29. The molecule has 0 aliphatic rings. The molecule has 0 saturated heterocycles. The van der Waals surface area contributed by atoms with Gasteiger partial charge in [0.05, 0.1) is 5.69 Å². The van der Waals surface area contributed by atoms with Gasteiger partial charge in [-0.3, -0.25) is 4.79 Å². The summed E-state index contributed by atoms with van der Waals surface area (Å²) in [5.74, 6) is -1.65. The highest BCUT2D eigenvalue weighted by Gasteiger charge is 2.17. The normalized spacial score (nSPS) is 11.7. The molecule has 0 radical (unpaired) electrons. The average molecular weight is 376 g/mol. The lowest BCUT2D eigenvalue weighted by Crippen LogP contribution is -2.28. The maximum Gasteiger partial charge on any atom is 0.352 e. The third-order valence-corrected chi connectivity index (χ3v) is 4.29. The molecule has 3 rings (SSSR count). The number of nitrogens with one attached hydrogen (secondary N) is 1. The molecule has 0 aliphatic carbocycles. The number of allylic oxidation sites excluding steroid dienone is 1. The van der Waals surface area contributed by atoms with Gasteiger partial charge in [-0.15, -0.1) is 0 Å². The highest BCUT2D eigenvalue weighted by molar-refractivity contribution is 6.04. The van der Waals surface area contributed by atoms with Gasteiger partial charge in [0.1, 0.15) is 18.4 Å². The number of carboxylic acids is 1. The summed E-state index contributed by atoms with van der Waals surface area (Å²) in [5.41, 5.74) is 4.07. The van der Waals surface area contributed by atoms with Gasteiger partial charge in [0.25, 0.3) is 5.91 Å². The molecule has 1 aromatic heterocycles. The predicted molar refractivity (Wildman–Crippen MR) is 105 cm³/mol. The van der Waals surface area contributed by atoms with E-state index in [9.17, 15) is 14.7 Å². The second-order valence-corrected chi connectivity index (χ2v) is 6.52. The predicted octanol–water partition coefficient (Wildman–Crippen LogP) is 3.13. The quantitative estimate of drug-likeness (QED) is 0.667. The maximum absolute atomic E-state index is 12.6. The molecule has 0 fully saturated rings. The van der Waals surface area contributed by atoms with Gasteiger partial charge in [0, 0.05) is 5.56 Å². The zero-order chi connectivity index (χ0) is 20.3. The maximum atomic E-state index is 12.6. The number of hydrogen-bond acceptors (Lipinski definition) is 4. The van der Waals surface area contributed by atoms with Crippen LogP contribution in [0, 0.1) is 13.8 Å². The van der Waals surface area contributed by atoms with Gasteiger partial charge in [-0.25, -0.2) is 14.5 Å². The summed E-state index contributed by atoms with van der Waals surface area (Å²) in [6, 6.07) is 12.6. The van der Waals surface area contributed by atoms with Crippen LogP contribution in [0.15, 0.2) is 60.8 Å². The Labute approximate surface area is 162 Å². The van der Waals surface area contributed by atoms with Crippen LogP contribution in [0.1, 0.15) is 34.0 Å². The second kappa shape index (κ2) is 7.87. The van der Waals surface area contributed by atoms with Crippen molar-refractivity contribution in [2.75, 3.05) is 0 Å². The van der Waals surface area contributed by atoms with Crippen molar-refractivity contribution in [2.45, 2.75) is 20.8 Å². The standard InChI is InChI=1S/C21H20N4O3/c1-13-8-14(2)10-17(9-13)20(26)24-19(21(27)28)15(3)16-4-6-18(7-5-16)25-12-22-11-23-25/h4-12H,1-3H3,(H,24,26)(H,27,28). The number of carbonyl (C=O) groups excluding carboxylic acids is 1. The minimum absolute atomic E-state index is 0.155. The minimum atomic E-state index is -1.20. The highest BCUT2D eigenvalue weighted by Crippen LogP contribution is 2.20. The third kappa shape index (κ3) is 4.15. The molecule has 3 aromatic rings. The molecule has 0 unspecified atom stereocenters. The molecule has 0 aliphatic heterocycles. The first kappa shape index (κ1) is 19.0. The van der Waals surface area contributed by atoms with E-state index in [2.05, 4.69) is 15.4 Å². The molecule has 7 heteroatoms. The number of nitrogens with zero attached hydrogens (tertiary/aromatic N) is 3. The van der Waals surface area contributed by atoms with Crippen LogP contribution in [-0.4, -0.2) is 31.7 Å². The van der Waals surface area contributed by atoms with Crippen LogP contribution >= 0.6 is 0 Å². The number of aryl methyl sites for hydroxylation is 2. The Balaban J connectivity index is 1.90. The first-order chi connectivity index (χ1) is 13.3. The summed E-state index contributed by atoms with van der Waals surface area (Å²) in [6.07, 6.45) is 3.01. The fourth-order valence-corrected chi connectivity index (χ4v) is 2.95. The molecular formula is C21H20N4O3. The van der Waals surface area contributed by atoms with Crippen molar-refractivity contribution in [3.8, 4) is 5.69 Å². The van der Waals surface area contributed by atoms with Crippen molar-refractivity contribution in [3.05, 3.63) is 83.1 Å². The summed E-state index contributed by atoms with van der Waals surface area (Å²) in [7, 11) is 0. The van der Waals surface area contributed by atoms with Crippen molar-refractivity contribution in [2.24, 2.45) is 0 Å². The zero-order valence-electron chi connectivity index (χ0n) is 15.8. The highest BCUT2D eigenvalue weighted by atomic mass is 16.4. The van der Waals surface area contributed by atoms with Crippen LogP contribution in [0.4, 0.5) is 0 Å².